The first-order valence-electron chi connectivity index (χ1n) is 8.58. The quantitative estimate of drug-likeness (QED) is 0.682. The standard InChI is InChI=1S/C20H21F2N3O/c1-13(2)18(11-14-7-9-15(21)10-8-14)23-12-19-24-25-20(26-19)16-5-3-4-6-17(16)22/h3-10,13,18,23H,11-12H2,1-2H3/t18-/m1/s1. The zero-order valence-corrected chi connectivity index (χ0v) is 14.7. The van der Waals surface area contributed by atoms with E-state index in [0.717, 1.165) is 12.0 Å². The molecule has 0 aliphatic rings. The van der Waals surface area contributed by atoms with E-state index in [9.17, 15) is 8.78 Å². The average molecular weight is 357 g/mol. The molecule has 2 aromatic carbocycles. The van der Waals surface area contributed by atoms with E-state index in [2.05, 4.69) is 29.4 Å². The summed E-state index contributed by atoms with van der Waals surface area (Å²) < 4.78 is 32.4. The van der Waals surface area contributed by atoms with Gasteiger partial charge in [0, 0.05) is 6.04 Å². The second-order valence-corrected chi connectivity index (χ2v) is 6.54. The lowest BCUT2D eigenvalue weighted by Crippen LogP contribution is -2.35. The van der Waals surface area contributed by atoms with Crippen molar-refractivity contribution < 1.29 is 13.2 Å². The van der Waals surface area contributed by atoms with Crippen LogP contribution in [0.3, 0.4) is 0 Å². The summed E-state index contributed by atoms with van der Waals surface area (Å²) in [5.41, 5.74) is 1.34. The van der Waals surface area contributed by atoms with Crippen molar-refractivity contribution in [2.45, 2.75) is 32.9 Å². The Morgan fingerprint density at radius 3 is 2.42 bits per heavy atom. The van der Waals surface area contributed by atoms with Crippen LogP contribution < -0.4 is 5.32 Å². The van der Waals surface area contributed by atoms with Gasteiger partial charge in [0.2, 0.25) is 5.89 Å². The van der Waals surface area contributed by atoms with E-state index >= 15 is 0 Å². The molecule has 0 aliphatic carbocycles. The minimum absolute atomic E-state index is 0.157. The maximum Gasteiger partial charge on any atom is 0.250 e. The molecule has 4 nitrogen and oxygen atoms in total. The lowest BCUT2D eigenvalue weighted by molar-refractivity contribution is 0.369. The average Bonchev–Trinajstić information content (AvgIpc) is 3.09. The molecule has 0 saturated carbocycles. The van der Waals surface area contributed by atoms with Gasteiger partial charge >= 0.3 is 0 Å². The number of nitrogens with zero attached hydrogens (tertiary/aromatic N) is 2. The van der Waals surface area contributed by atoms with Gasteiger partial charge in [-0.25, -0.2) is 8.78 Å². The third-order valence-electron chi connectivity index (χ3n) is 4.26. The summed E-state index contributed by atoms with van der Waals surface area (Å²) in [6.07, 6.45) is 0.756. The zero-order valence-electron chi connectivity index (χ0n) is 14.7. The van der Waals surface area contributed by atoms with Crippen molar-refractivity contribution in [1.82, 2.24) is 15.5 Å². The fourth-order valence-electron chi connectivity index (χ4n) is 2.70. The number of halogens is 2. The molecule has 1 atom stereocenters. The first-order chi connectivity index (χ1) is 12.5. The van der Waals surface area contributed by atoms with Crippen molar-refractivity contribution >= 4 is 0 Å². The largest absolute Gasteiger partial charge is 0.419 e. The van der Waals surface area contributed by atoms with Crippen molar-refractivity contribution in [2.24, 2.45) is 5.92 Å². The lowest BCUT2D eigenvalue weighted by Gasteiger charge is -2.21. The van der Waals surface area contributed by atoms with E-state index in [1.54, 1.807) is 30.3 Å². The number of hydrogen-bond acceptors (Lipinski definition) is 4. The third kappa shape index (κ3) is 4.52. The highest BCUT2D eigenvalue weighted by atomic mass is 19.1. The molecule has 0 bridgehead atoms. The molecule has 0 saturated heterocycles. The van der Waals surface area contributed by atoms with Crippen LogP contribution in [0.1, 0.15) is 25.3 Å². The van der Waals surface area contributed by atoms with Crippen molar-refractivity contribution in [3.05, 3.63) is 71.6 Å². The van der Waals surface area contributed by atoms with Gasteiger partial charge in [-0.05, 0) is 42.2 Å². The summed E-state index contributed by atoms with van der Waals surface area (Å²) in [6, 6.07) is 12.9. The summed E-state index contributed by atoms with van der Waals surface area (Å²) in [4.78, 5) is 0. The Morgan fingerprint density at radius 2 is 1.73 bits per heavy atom. The first kappa shape index (κ1) is 18.2. The number of nitrogens with one attached hydrogen (secondary N) is 1. The molecule has 3 rings (SSSR count). The Bertz CT molecular complexity index is 846. The number of aromatic nitrogens is 2. The van der Waals surface area contributed by atoms with E-state index < -0.39 is 5.82 Å². The summed E-state index contributed by atoms with van der Waals surface area (Å²) in [5.74, 6) is 0.280. The minimum Gasteiger partial charge on any atom is -0.419 e. The van der Waals surface area contributed by atoms with Gasteiger partial charge in [0.25, 0.3) is 5.89 Å². The Morgan fingerprint density at radius 1 is 1.00 bits per heavy atom. The van der Waals surface area contributed by atoms with Crippen LogP contribution in [0.2, 0.25) is 0 Å². The fraction of sp³-hybridized carbons (Fsp3) is 0.300. The van der Waals surface area contributed by atoms with Gasteiger partial charge in [0.15, 0.2) is 0 Å². The predicted molar refractivity (Wildman–Crippen MR) is 95.3 cm³/mol. The highest BCUT2D eigenvalue weighted by Gasteiger charge is 2.17. The van der Waals surface area contributed by atoms with Crippen molar-refractivity contribution in [3.8, 4) is 11.5 Å². The maximum atomic E-state index is 13.8. The lowest BCUT2D eigenvalue weighted by atomic mass is 9.96. The van der Waals surface area contributed by atoms with Gasteiger partial charge in [0.05, 0.1) is 12.1 Å². The van der Waals surface area contributed by atoms with Crippen LogP contribution in [0.15, 0.2) is 52.9 Å². The molecule has 0 amide bonds. The summed E-state index contributed by atoms with van der Waals surface area (Å²) in [6.45, 7) is 4.60. The number of rotatable bonds is 7. The summed E-state index contributed by atoms with van der Waals surface area (Å²) >= 11 is 0. The second-order valence-electron chi connectivity index (χ2n) is 6.54. The van der Waals surface area contributed by atoms with E-state index in [-0.39, 0.29) is 23.3 Å². The normalized spacial score (nSPS) is 12.5. The van der Waals surface area contributed by atoms with E-state index in [1.165, 1.54) is 18.2 Å². The van der Waals surface area contributed by atoms with Crippen LogP contribution in [-0.2, 0) is 13.0 Å². The molecule has 1 aromatic heterocycles. The van der Waals surface area contributed by atoms with E-state index in [0.29, 0.717) is 18.4 Å². The molecule has 1 N–H and O–H groups in total. The molecule has 3 aromatic rings. The minimum atomic E-state index is -0.396. The molecule has 6 heteroatoms. The van der Waals surface area contributed by atoms with Gasteiger partial charge < -0.3 is 9.73 Å². The van der Waals surface area contributed by atoms with Gasteiger partial charge in [-0.2, -0.15) is 0 Å². The maximum absolute atomic E-state index is 13.8. The Balaban J connectivity index is 1.64. The Labute approximate surface area is 151 Å². The highest BCUT2D eigenvalue weighted by molar-refractivity contribution is 5.53. The molecule has 0 spiro atoms. The SMILES string of the molecule is CC(C)[C@@H](Cc1ccc(F)cc1)NCc1nnc(-c2ccccc2F)o1. The third-order valence-corrected chi connectivity index (χ3v) is 4.26. The molecule has 0 radical (unpaired) electrons. The molecule has 0 unspecified atom stereocenters. The van der Waals surface area contributed by atoms with E-state index in [1.807, 2.05) is 0 Å². The van der Waals surface area contributed by atoms with Crippen LogP contribution in [0, 0.1) is 17.6 Å². The van der Waals surface area contributed by atoms with Crippen LogP contribution in [0.4, 0.5) is 8.78 Å². The molecule has 0 aliphatic heterocycles. The molecular formula is C20H21F2N3O. The van der Waals surface area contributed by atoms with Gasteiger partial charge in [-0.3, -0.25) is 0 Å². The van der Waals surface area contributed by atoms with Crippen molar-refractivity contribution in [1.29, 1.82) is 0 Å². The van der Waals surface area contributed by atoms with Crippen LogP contribution >= 0.6 is 0 Å². The molecule has 1 heterocycles. The van der Waals surface area contributed by atoms with Crippen molar-refractivity contribution in [2.75, 3.05) is 0 Å². The Hall–Kier alpha value is -2.60. The molecule has 136 valence electrons. The zero-order chi connectivity index (χ0) is 18.5. The van der Waals surface area contributed by atoms with Gasteiger partial charge in [-0.15, -0.1) is 10.2 Å². The summed E-state index contributed by atoms with van der Waals surface area (Å²) in [7, 11) is 0. The van der Waals surface area contributed by atoms with Crippen LogP contribution in [0.5, 0.6) is 0 Å². The van der Waals surface area contributed by atoms with Crippen LogP contribution in [0.25, 0.3) is 11.5 Å². The number of hydrogen-bond donors (Lipinski definition) is 1. The Kier molecular flexibility index (Phi) is 5.73. The predicted octanol–water partition coefficient (Wildman–Crippen LogP) is 4.37. The molecule has 0 fully saturated rings. The number of benzene rings is 2. The van der Waals surface area contributed by atoms with E-state index in [4.69, 9.17) is 4.42 Å². The summed E-state index contributed by atoms with van der Waals surface area (Å²) in [5, 5.41) is 11.3. The topological polar surface area (TPSA) is 51.0 Å². The molecule has 26 heavy (non-hydrogen) atoms. The van der Waals surface area contributed by atoms with Crippen molar-refractivity contribution in [3.63, 3.8) is 0 Å². The first-order valence-corrected chi connectivity index (χ1v) is 8.58. The smallest absolute Gasteiger partial charge is 0.250 e. The highest BCUT2D eigenvalue weighted by Crippen LogP contribution is 2.21. The van der Waals surface area contributed by atoms with Gasteiger partial charge in [-0.1, -0.05) is 38.1 Å². The fourth-order valence-corrected chi connectivity index (χ4v) is 2.70. The van der Waals surface area contributed by atoms with Gasteiger partial charge in [0.1, 0.15) is 11.6 Å². The second kappa shape index (κ2) is 8.19. The molecular weight excluding hydrogens is 336 g/mol. The monoisotopic (exact) mass is 357 g/mol. The van der Waals surface area contributed by atoms with Crippen LogP contribution in [-0.4, -0.2) is 16.2 Å².